The molecule has 0 amide bonds. The summed E-state index contributed by atoms with van der Waals surface area (Å²) in [6, 6.07) is 13.6. The van der Waals surface area contributed by atoms with E-state index >= 15 is 0 Å². The Balaban J connectivity index is 1.20. The van der Waals surface area contributed by atoms with Gasteiger partial charge in [-0.15, -0.1) is 0 Å². The molecular weight excluding hydrogens is 644 g/mol. The molecule has 3 atom stereocenters. The van der Waals surface area contributed by atoms with Crippen LogP contribution in [0.5, 0.6) is 17.2 Å². The molecule has 272 valence electrons. The first-order valence-corrected chi connectivity index (χ1v) is 18.0. The monoisotopic (exact) mass is 696 g/mol. The van der Waals surface area contributed by atoms with E-state index in [4.69, 9.17) is 14.2 Å². The molecule has 2 aromatic carbocycles. The van der Waals surface area contributed by atoms with Gasteiger partial charge in [-0.05, 0) is 85.4 Å². The van der Waals surface area contributed by atoms with Crippen LogP contribution in [0.3, 0.4) is 0 Å². The zero-order chi connectivity index (χ0) is 36.2. The highest BCUT2D eigenvalue weighted by Crippen LogP contribution is 2.38. The Morgan fingerprint density at radius 1 is 1.06 bits per heavy atom. The van der Waals surface area contributed by atoms with E-state index in [1.165, 1.54) is 17.3 Å². The molecule has 2 unspecified atom stereocenters. The lowest BCUT2D eigenvalue weighted by molar-refractivity contribution is 0.169. The third-order valence-corrected chi connectivity index (χ3v) is 9.94. The van der Waals surface area contributed by atoms with Crippen molar-refractivity contribution >= 4 is 5.57 Å². The van der Waals surface area contributed by atoms with Gasteiger partial charge in [0, 0.05) is 55.8 Å². The van der Waals surface area contributed by atoms with Crippen molar-refractivity contribution < 1.29 is 29.5 Å². The van der Waals surface area contributed by atoms with Crippen LogP contribution in [0.25, 0.3) is 5.57 Å². The second kappa shape index (κ2) is 18.8. The number of hydrogen-bond donors (Lipinski definition) is 4. The average Bonchev–Trinajstić information content (AvgIpc) is 3.56. The SMILES string of the molecule is Cc1cc(OCCC2C=CC=C(c3cccc(OCCCN4CC[C@@H](O)C4)c3C)C2C)cc(OCc2cncc(C#N)c2)c1CNC(CO)CO. The number of ether oxygens (including phenoxy) is 3. The zero-order valence-electron chi connectivity index (χ0n) is 30.1. The lowest BCUT2D eigenvalue weighted by Gasteiger charge is -2.28. The molecule has 51 heavy (non-hydrogen) atoms. The molecule has 2 aliphatic rings. The van der Waals surface area contributed by atoms with Gasteiger partial charge in [-0.3, -0.25) is 4.98 Å². The minimum Gasteiger partial charge on any atom is -0.493 e. The number of likely N-dealkylation sites (tertiary alicyclic amines) is 1. The number of benzene rings is 2. The quantitative estimate of drug-likeness (QED) is 0.133. The maximum Gasteiger partial charge on any atom is 0.128 e. The van der Waals surface area contributed by atoms with E-state index in [0.717, 1.165) is 66.9 Å². The van der Waals surface area contributed by atoms with Gasteiger partial charge in [-0.2, -0.15) is 5.26 Å². The van der Waals surface area contributed by atoms with Crippen LogP contribution < -0.4 is 19.5 Å². The molecule has 1 aliphatic heterocycles. The fourth-order valence-corrected chi connectivity index (χ4v) is 6.83. The first-order chi connectivity index (χ1) is 24.8. The van der Waals surface area contributed by atoms with Crippen molar-refractivity contribution in [3.8, 4) is 23.3 Å². The summed E-state index contributed by atoms with van der Waals surface area (Å²) < 4.78 is 18.9. The Kier molecular flexibility index (Phi) is 14.0. The number of aryl methyl sites for hydroxylation is 1. The van der Waals surface area contributed by atoms with Gasteiger partial charge < -0.3 is 39.7 Å². The highest BCUT2D eigenvalue weighted by atomic mass is 16.5. The molecule has 10 heteroatoms. The summed E-state index contributed by atoms with van der Waals surface area (Å²) >= 11 is 0. The fraction of sp³-hybridized carbons (Fsp3) is 0.463. The smallest absolute Gasteiger partial charge is 0.128 e. The van der Waals surface area contributed by atoms with Gasteiger partial charge in [0.1, 0.15) is 29.9 Å². The van der Waals surface area contributed by atoms with Gasteiger partial charge in [0.15, 0.2) is 0 Å². The molecule has 3 aromatic rings. The van der Waals surface area contributed by atoms with Crippen LogP contribution in [0.2, 0.25) is 0 Å². The summed E-state index contributed by atoms with van der Waals surface area (Å²) in [6.07, 6.45) is 12.2. The standard InChI is InChI=1S/C41H52N4O6/c1-28-17-36(19-41(39(28)23-44-34(25-46)26-47)51-27-32-18-31(20-42)21-43-22-32)49-16-12-33-7-4-8-37(29(33)2)38-9-5-10-40(30(38)3)50-15-6-13-45-14-11-35(48)24-45/h4-5,7-10,17-19,21-22,29,33-35,44,46-48H,6,11-16,23-27H2,1-3H3/t29?,33?,35-/m1/s1. The van der Waals surface area contributed by atoms with Crippen molar-refractivity contribution in [1.82, 2.24) is 15.2 Å². The first kappa shape index (κ1) is 38.0. The third kappa shape index (κ3) is 10.4. The van der Waals surface area contributed by atoms with Crippen LogP contribution in [0.4, 0.5) is 0 Å². The normalized spacial score (nSPS) is 18.9. The molecule has 0 saturated carbocycles. The molecule has 5 rings (SSSR count). The van der Waals surface area contributed by atoms with E-state index in [2.05, 4.69) is 65.5 Å². The van der Waals surface area contributed by atoms with Crippen LogP contribution in [0.15, 0.2) is 67.0 Å². The summed E-state index contributed by atoms with van der Waals surface area (Å²) in [5.74, 6) is 2.81. The topological polar surface area (TPSA) is 140 Å². The lowest BCUT2D eigenvalue weighted by atomic mass is 9.78. The number of nitrogens with one attached hydrogen (secondary N) is 1. The van der Waals surface area contributed by atoms with Crippen molar-refractivity contribution in [2.45, 2.75) is 65.3 Å². The van der Waals surface area contributed by atoms with Gasteiger partial charge in [-0.1, -0.05) is 37.3 Å². The molecule has 2 heterocycles. The third-order valence-electron chi connectivity index (χ3n) is 9.94. The van der Waals surface area contributed by atoms with Gasteiger partial charge in [0.25, 0.3) is 0 Å². The molecular formula is C41H52N4O6. The van der Waals surface area contributed by atoms with Crippen molar-refractivity contribution in [3.05, 3.63) is 100 Å². The first-order valence-electron chi connectivity index (χ1n) is 18.0. The Morgan fingerprint density at radius 3 is 2.67 bits per heavy atom. The Hall–Kier alpha value is -4.24. The lowest BCUT2D eigenvalue weighted by Crippen LogP contribution is -2.35. The van der Waals surface area contributed by atoms with Crippen molar-refractivity contribution in [3.63, 3.8) is 0 Å². The molecule has 1 fully saturated rings. The van der Waals surface area contributed by atoms with E-state index in [-0.39, 0.29) is 31.8 Å². The largest absolute Gasteiger partial charge is 0.493 e. The minimum absolute atomic E-state index is 0.185. The Labute approximate surface area is 302 Å². The van der Waals surface area contributed by atoms with Crippen LogP contribution in [-0.2, 0) is 13.2 Å². The average molecular weight is 697 g/mol. The van der Waals surface area contributed by atoms with Crippen molar-refractivity contribution in [2.75, 3.05) is 46.1 Å². The second-order valence-corrected chi connectivity index (χ2v) is 13.6. The number of pyridine rings is 1. The van der Waals surface area contributed by atoms with Crippen molar-refractivity contribution in [2.24, 2.45) is 11.8 Å². The molecule has 10 nitrogen and oxygen atoms in total. The fourth-order valence-electron chi connectivity index (χ4n) is 6.83. The number of nitrogens with zero attached hydrogens (tertiary/aromatic N) is 3. The molecule has 1 aliphatic carbocycles. The van der Waals surface area contributed by atoms with E-state index < -0.39 is 6.04 Å². The highest BCUT2D eigenvalue weighted by Gasteiger charge is 2.24. The van der Waals surface area contributed by atoms with Crippen LogP contribution in [0, 0.1) is 37.0 Å². The number of hydrogen-bond acceptors (Lipinski definition) is 10. The summed E-state index contributed by atoms with van der Waals surface area (Å²) in [5.41, 5.74) is 6.73. The number of aliphatic hydroxyl groups excluding tert-OH is 3. The van der Waals surface area contributed by atoms with Gasteiger partial charge in [0.05, 0.1) is 44.1 Å². The number of aliphatic hydroxyl groups is 3. The van der Waals surface area contributed by atoms with Gasteiger partial charge in [-0.25, -0.2) is 0 Å². The summed E-state index contributed by atoms with van der Waals surface area (Å²) in [4.78, 5) is 6.44. The maximum absolute atomic E-state index is 9.78. The Morgan fingerprint density at radius 2 is 1.90 bits per heavy atom. The van der Waals surface area contributed by atoms with Crippen LogP contribution >= 0.6 is 0 Å². The van der Waals surface area contributed by atoms with Gasteiger partial charge >= 0.3 is 0 Å². The minimum atomic E-state index is -0.450. The van der Waals surface area contributed by atoms with Gasteiger partial charge in [0.2, 0.25) is 0 Å². The van der Waals surface area contributed by atoms with Crippen LogP contribution in [0.1, 0.15) is 59.6 Å². The number of aromatic nitrogens is 1. The Bertz CT molecular complexity index is 1700. The summed E-state index contributed by atoms with van der Waals surface area (Å²) in [6.45, 7) is 10.5. The summed E-state index contributed by atoms with van der Waals surface area (Å²) in [5, 5.41) is 41.4. The molecule has 4 N–H and O–H groups in total. The molecule has 0 spiro atoms. The number of allylic oxidation sites excluding steroid dienone is 4. The predicted octanol–water partition coefficient (Wildman–Crippen LogP) is 5.10. The summed E-state index contributed by atoms with van der Waals surface area (Å²) in [7, 11) is 0. The molecule has 0 radical (unpaired) electrons. The molecule has 0 bridgehead atoms. The number of β-amino-alcohol motifs (C(OH)–C–C–N with tert-alkyl or cyclic N) is 1. The maximum atomic E-state index is 9.78. The number of rotatable bonds is 18. The molecule has 1 aromatic heterocycles. The van der Waals surface area contributed by atoms with E-state index in [1.807, 2.05) is 25.1 Å². The van der Waals surface area contributed by atoms with E-state index in [0.29, 0.717) is 42.7 Å². The zero-order valence-corrected chi connectivity index (χ0v) is 30.1. The van der Waals surface area contributed by atoms with Crippen molar-refractivity contribution in [1.29, 1.82) is 5.26 Å². The highest BCUT2D eigenvalue weighted by molar-refractivity contribution is 5.74. The second-order valence-electron chi connectivity index (χ2n) is 13.6. The van der Waals surface area contributed by atoms with Crippen LogP contribution in [-0.4, -0.2) is 83.4 Å². The van der Waals surface area contributed by atoms with E-state index in [1.54, 1.807) is 12.3 Å². The predicted molar refractivity (Wildman–Crippen MR) is 198 cm³/mol. The van der Waals surface area contributed by atoms with E-state index in [9.17, 15) is 20.6 Å². The number of nitriles is 1. The molecule has 1 saturated heterocycles.